The molecule has 2 aromatic rings. The number of nitrogens with one attached hydrogen (secondary N) is 2. The Kier molecular flexibility index (Phi) is 12.5. The number of carboxylic acids is 1. The van der Waals surface area contributed by atoms with Crippen molar-refractivity contribution in [3.05, 3.63) is 59.2 Å². The van der Waals surface area contributed by atoms with E-state index >= 15 is 0 Å². The van der Waals surface area contributed by atoms with E-state index in [0.29, 0.717) is 23.3 Å². The van der Waals surface area contributed by atoms with E-state index in [9.17, 15) is 14.7 Å². The Morgan fingerprint density at radius 2 is 1.83 bits per heavy atom. The van der Waals surface area contributed by atoms with E-state index in [1.54, 1.807) is 12.1 Å². The highest BCUT2D eigenvalue weighted by Gasteiger charge is 2.22. The number of thioether (sulfide) groups is 1. The summed E-state index contributed by atoms with van der Waals surface area (Å²) in [5, 5.41) is 19.6. The zero-order chi connectivity index (χ0) is 26.5. The third-order valence-corrected chi connectivity index (χ3v) is 7.07. The predicted octanol–water partition coefficient (Wildman–Crippen LogP) is 4.60. The van der Waals surface area contributed by atoms with Gasteiger partial charge in [0.05, 0.1) is 5.84 Å². The third-order valence-electron chi connectivity index (χ3n) is 6.43. The molecule has 0 radical (unpaired) electrons. The number of amidine groups is 1. The fraction of sp³-hybridized carbons (Fsp3) is 0.464. The first-order chi connectivity index (χ1) is 17.3. The van der Waals surface area contributed by atoms with Crippen molar-refractivity contribution in [3.8, 4) is 11.1 Å². The number of carbonyl (C=O) groups excluding carboxylic acids is 1. The van der Waals surface area contributed by atoms with E-state index in [0.717, 1.165) is 29.2 Å². The number of carboxylic acid groups (broad SMARTS) is 1. The van der Waals surface area contributed by atoms with Crippen molar-refractivity contribution in [2.45, 2.75) is 57.9 Å². The molecule has 1 aliphatic carbocycles. The third kappa shape index (κ3) is 9.32. The molecule has 0 aliphatic heterocycles. The van der Waals surface area contributed by atoms with Gasteiger partial charge in [0.15, 0.2) is 0 Å². The zero-order valence-electron chi connectivity index (χ0n) is 21.4. The van der Waals surface area contributed by atoms with Crippen LogP contribution in [-0.4, -0.2) is 47.4 Å². The molecule has 3 rings (SSSR count). The Hall–Kier alpha value is -2.84. The lowest BCUT2D eigenvalue weighted by Crippen LogP contribution is -2.41. The van der Waals surface area contributed by atoms with Gasteiger partial charge in [-0.05, 0) is 85.0 Å². The SMILES string of the molecule is CSCCC(NC(=O)c1ccc(CC(=N)N)cc1-c1ccccc1C)C(=O)O.NCC1CCCCC1. The van der Waals surface area contributed by atoms with Gasteiger partial charge < -0.3 is 21.9 Å². The second-order valence-electron chi connectivity index (χ2n) is 9.28. The number of benzene rings is 2. The number of aliphatic carboxylic acids is 1. The molecule has 2 aromatic carbocycles. The minimum Gasteiger partial charge on any atom is -0.480 e. The standard InChI is InChI=1S/C21H25N3O3S.C7H15N/c1-13-5-3-4-6-15(13)17-11-14(12-19(22)23)7-8-16(17)20(25)24-18(21(26)27)9-10-28-2;8-6-7-4-2-1-3-5-7/h3-8,11,18H,9-10,12H2,1-2H3,(H3,22,23)(H,24,25)(H,26,27);7H,1-6,8H2. The summed E-state index contributed by atoms with van der Waals surface area (Å²) in [5.74, 6) is 0.0632. The normalized spacial score (nSPS) is 14.3. The topological polar surface area (TPSA) is 142 Å². The van der Waals surface area contributed by atoms with Crippen molar-refractivity contribution in [1.82, 2.24) is 5.32 Å². The number of rotatable bonds is 10. The van der Waals surface area contributed by atoms with Gasteiger partial charge in [-0.2, -0.15) is 11.8 Å². The van der Waals surface area contributed by atoms with Crippen LogP contribution in [0, 0.1) is 18.3 Å². The van der Waals surface area contributed by atoms with Crippen LogP contribution in [0.15, 0.2) is 42.5 Å². The summed E-state index contributed by atoms with van der Waals surface area (Å²) in [6, 6.07) is 12.0. The Labute approximate surface area is 218 Å². The fourth-order valence-electron chi connectivity index (χ4n) is 4.37. The maximum atomic E-state index is 12.9. The quantitative estimate of drug-likeness (QED) is 0.233. The number of nitrogens with two attached hydrogens (primary N) is 2. The molecule has 196 valence electrons. The van der Waals surface area contributed by atoms with Crippen LogP contribution in [0.25, 0.3) is 11.1 Å². The Morgan fingerprint density at radius 1 is 1.14 bits per heavy atom. The second kappa shape index (κ2) is 15.3. The van der Waals surface area contributed by atoms with E-state index in [-0.39, 0.29) is 12.3 Å². The molecule has 7 N–H and O–H groups in total. The van der Waals surface area contributed by atoms with E-state index < -0.39 is 17.9 Å². The molecule has 1 unspecified atom stereocenters. The molecule has 0 heterocycles. The summed E-state index contributed by atoms with van der Waals surface area (Å²) in [6.07, 6.45) is 9.58. The average Bonchev–Trinajstić information content (AvgIpc) is 2.87. The minimum absolute atomic E-state index is 0.0379. The molecule has 0 bridgehead atoms. The van der Waals surface area contributed by atoms with Crippen LogP contribution in [0.1, 0.15) is 60.0 Å². The minimum atomic E-state index is -1.05. The second-order valence-corrected chi connectivity index (χ2v) is 10.3. The van der Waals surface area contributed by atoms with Crippen molar-refractivity contribution in [3.63, 3.8) is 0 Å². The largest absolute Gasteiger partial charge is 0.480 e. The van der Waals surface area contributed by atoms with Gasteiger partial charge in [0.1, 0.15) is 6.04 Å². The molecule has 8 heteroatoms. The van der Waals surface area contributed by atoms with Crippen LogP contribution < -0.4 is 16.8 Å². The molecular weight excluding hydrogens is 472 g/mol. The van der Waals surface area contributed by atoms with Gasteiger partial charge in [-0.1, -0.05) is 49.6 Å². The van der Waals surface area contributed by atoms with Gasteiger partial charge in [0.2, 0.25) is 0 Å². The summed E-state index contributed by atoms with van der Waals surface area (Å²) in [4.78, 5) is 24.4. The highest BCUT2D eigenvalue weighted by molar-refractivity contribution is 7.98. The number of carbonyl (C=O) groups is 2. The summed E-state index contributed by atoms with van der Waals surface area (Å²) < 4.78 is 0. The van der Waals surface area contributed by atoms with Crippen LogP contribution >= 0.6 is 11.8 Å². The monoisotopic (exact) mass is 512 g/mol. The molecule has 1 aliphatic rings. The Balaban J connectivity index is 0.000000482. The van der Waals surface area contributed by atoms with Crippen LogP contribution in [0.5, 0.6) is 0 Å². The first kappa shape index (κ1) is 29.4. The smallest absolute Gasteiger partial charge is 0.326 e. The van der Waals surface area contributed by atoms with Gasteiger partial charge in [-0.3, -0.25) is 10.2 Å². The molecule has 1 saturated carbocycles. The van der Waals surface area contributed by atoms with Gasteiger partial charge in [-0.25, -0.2) is 4.79 Å². The summed E-state index contributed by atoms with van der Waals surface area (Å²) in [6.45, 7) is 2.87. The molecule has 1 fully saturated rings. The maximum absolute atomic E-state index is 12.9. The Bertz CT molecular complexity index is 1020. The maximum Gasteiger partial charge on any atom is 0.326 e. The molecule has 0 saturated heterocycles. The van der Waals surface area contributed by atoms with E-state index in [2.05, 4.69) is 5.32 Å². The number of hydrogen-bond acceptors (Lipinski definition) is 5. The van der Waals surface area contributed by atoms with Crippen molar-refractivity contribution >= 4 is 29.5 Å². The first-order valence-electron chi connectivity index (χ1n) is 12.5. The van der Waals surface area contributed by atoms with Gasteiger partial charge in [0, 0.05) is 12.0 Å². The van der Waals surface area contributed by atoms with Crippen molar-refractivity contribution in [1.29, 1.82) is 5.41 Å². The summed E-state index contributed by atoms with van der Waals surface area (Å²) >= 11 is 1.53. The van der Waals surface area contributed by atoms with Crippen molar-refractivity contribution in [2.75, 3.05) is 18.6 Å². The van der Waals surface area contributed by atoms with Gasteiger partial charge in [0.25, 0.3) is 5.91 Å². The molecule has 0 spiro atoms. The molecule has 0 aromatic heterocycles. The molecule has 36 heavy (non-hydrogen) atoms. The summed E-state index contributed by atoms with van der Waals surface area (Å²) in [5.41, 5.74) is 14.8. The highest BCUT2D eigenvalue weighted by Crippen LogP contribution is 2.28. The van der Waals surface area contributed by atoms with E-state index in [4.69, 9.17) is 16.9 Å². The lowest BCUT2D eigenvalue weighted by molar-refractivity contribution is -0.139. The van der Waals surface area contributed by atoms with Gasteiger partial charge in [-0.15, -0.1) is 0 Å². The number of aryl methyl sites for hydroxylation is 1. The Morgan fingerprint density at radius 3 is 2.39 bits per heavy atom. The molecule has 7 nitrogen and oxygen atoms in total. The first-order valence-corrected chi connectivity index (χ1v) is 13.9. The number of amides is 1. The van der Waals surface area contributed by atoms with E-state index in [1.807, 2.05) is 43.5 Å². The van der Waals surface area contributed by atoms with Crippen LogP contribution in [-0.2, 0) is 11.2 Å². The molecule has 1 amide bonds. The lowest BCUT2D eigenvalue weighted by Gasteiger charge is -2.18. The van der Waals surface area contributed by atoms with Crippen LogP contribution in [0.4, 0.5) is 0 Å². The molecule has 1 atom stereocenters. The molecular formula is C28H40N4O3S. The fourth-order valence-corrected chi connectivity index (χ4v) is 4.84. The highest BCUT2D eigenvalue weighted by atomic mass is 32.2. The van der Waals surface area contributed by atoms with Crippen molar-refractivity contribution in [2.24, 2.45) is 17.4 Å². The van der Waals surface area contributed by atoms with E-state index in [1.165, 1.54) is 43.9 Å². The van der Waals surface area contributed by atoms with Crippen LogP contribution in [0.3, 0.4) is 0 Å². The van der Waals surface area contributed by atoms with Crippen molar-refractivity contribution < 1.29 is 14.7 Å². The van der Waals surface area contributed by atoms with Crippen LogP contribution in [0.2, 0.25) is 0 Å². The van der Waals surface area contributed by atoms with Gasteiger partial charge >= 0.3 is 5.97 Å². The predicted molar refractivity (Wildman–Crippen MR) is 150 cm³/mol. The lowest BCUT2D eigenvalue weighted by atomic mass is 9.90. The average molecular weight is 513 g/mol. The zero-order valence-corrected chi connectivity index (χ0v) is 22.2. The number of hydrogen-bond donors (Lipinski definition) is 5. The summed E-state index contributed by atoms with van der Waals surface area (Å²) in [7, 11) is 0.